The van der Waals surface area contributed by atoms with Crippen LogP contribution in [-0.2, 0) is 32.1 Å². The van der Waals surface area contributed by atoms with Crippen LogP contribution in [0.25, 0.3) is 0 Å². The first-order valence-electron chi connectivity index (χ1n) is 10.0. The number of carbonyl (C=O) groups is 3. The summed E-state index contributed by atoms with van der Waals surface area (Å²) in [5.41, 5.74) is 1.62. The lowest BCUT2D eigenvalue weighted by atomic mass is 10.1. The minimum Gasteiger partial charge on any atom is -0.497 e. The van der Waals surface area contributed by atoms with Crippen molar-refractivity contribution in [1.29, 1.82) is 0 Å². The molecule has 0 spiro atoms. The maximum atomic E-state index is 12.3. The normalized spacial score (nSPS) is 12.2. The Balaban J connectivity index is 1.77. The van der Waals surface area contributed by atoms with Crippen molar-refractivity contribution in [3.8, 4) is 5.75 Å². The van der Waals surface area contributed by atoms with Crippen LogP contribution in [0.4, 0.5) is 4.79 Å². The van der Waals surface area contributed by atoms with E-state index in [-0.39, 0.29) is 26.0 Å². The van der Waals surface area contributed by atoms with Crippen LogP contribution in [0, 0.1) is 0 Å². The number of alkyl carbamates (subject to hydrolysis) is 1. The first-order chi connectivity index (χ1) is 15.4. The molecule has 3 N–H and O–H groups in total. The molecule has 0 aliphatic rings. The van der Waals surface area contributed by atoms with Crippen molar-refractivity contribution in [2.75, 3.05) is 20.8 Å². The molecule has 0 heterocycles. The van der Waals surface area contributed by atoms with Gasteiger partial charge in [-0.3, -0.25) is 4.79 Å². The Bertz CT molecular complexity index is 872. The van der Waals surface area contributed by atoms with Crippen molar-refractivity contribution >= 4 is 18.0 Å². The average molecular weight is 444 g/mol. The summed E-state index contributed by atoms with van der Waals surface area (Å²) in [6.07, 6.45) is -1.96. The predicted octanol–water partition coefficient (Wildman–Crippen LogP) is 1.57. The van der Waals surface area contributed by atoms with Gasteiger partial charge in [-0.15, -0.1) is 0 Å². The number of aliphatic hydroxyl groups excluding tert-OH is 1. The summed E-state index contributed by atoms with van der Waals surface area (Å²) in [5, 5.41) is 15.0. The first-order valence-corrected chi connectivity index (χ1v) is 10.0. The molecule has 2 rings (SSSR count). The highest BCUT2D eigenvalue weighted by Crippen LogP contribution is 2.13. The number of hydrogen-bond donors (Lipinski definition) is 3. The molecule has 172 valence electrons. The summed E-state index contributed by atoms with van der Waals surface area (Å²) in [6, 6.07) is 15.3. The fourth-order valence-corrected chi connectivity index (χ4v) is 2.85. The van der Waals surface area contributed by atoms with Crippen LogP contribution in [0.1, 0.15) is 17.5 Å². The minimum atomic E-state index is -1.15. The van der Waals surface area contributed by atoms with E-state index in [1.54, 1.807) is 31.4 Å². The number of rotatable bonds is 11. The molecule has 0 saturated carbocycles. The van der Waals surface area contributed by atoms with E-state index >= 15 is 0 Å². The molecule has 0 saturated heterocycles. The fourth-order valence-electron chi connectivity index (χ4n) is 2.85. The highest BCUT2D eigenvalue weighted by molar-refractivity contribution is 5.85. The number of nitrogens with one attached hydrogen (secondary N) is 2. The highest BCUT2D eigenvalue weighted by Gasteiger charge is 2.23. The molecule has 0 fully saturated rings. The Morgan fingerprint density at radius 1 is 0.969 bits per heavy atom. The van der Waals surface area contributed by atoms with E-state index in [2.05, 4.69) is 10.6 Å². The molecule has 0 aliphatic carbocycles. The summed E-state index contributed by atoms with van der Waals surface area (Å²) >= 11 is 0. The summed E-state index contributed by atoms with van der Waals surface area (Å²) in [6.45, 7) is -0.0855. The third-order valence-electron chi connectivity index (χ3n) is 4.54. The zero-order chi connectivity index (χ0) is 23.3. The first kappa shape index (κ1) is 24.7. The average Bonchev–Trinajstić information content (AvgIpc) is 2.81. The van der Waals surface area contributed by atoms with E-state index in [4.69, 9.17) is 14.2 Å². The van der Waals surface area contributed by atoms with Gasteiger partial charge in [-0.05, 0) is 23.3 Å². The van der Waals surface area contributed by atoms with Crippen LogP contribution in [0.3, 0.4) is 0 Å². The van der Waals surface area contributed by atoms with Gasteiger partial charge >= 0.3 is 12.1 Å². The zero-order valence-corrected chi connectivity index (χ0v) is 18.1. The number of benzene rings is 2. The second-order valence-corrected chi connectivity index (χ2v) is 7.00. The van der Waals surface area contributed by atoms with Gasteiger partial charge in [-0.2, -0.15) is 0 Å². The number of amides is 2. The van der Waals surface area contributed by atoms with E-state index in [1.165, 1.54) is 7.11 Å². The van der Waals surface area contributed by atoms with Crippen LogP contribution >= 0.6 is 0 Å². The Hall–Kier alpha value is -3.59. The molecule has 2 atom stereocenters. The topological polar surface area (TPSA) is 123 Å². The molecule has 0 unspecified atom stereocenters. The quantitative estimate of drug-likeness (QED) is 0.450. The summed E-state index contributed by atoms with van der Waals surface area (Å²) in [5.74, 6) is -0.488. The van der Waals surface area contributed by atoms with Gasteiger partial charge in [0.05, 0.1) is 26.7 Å². The smallest absolute Gasteiger partial charge is 0.407 e. The number of carbonyl (C=O) groups excluding carboxylic acids is 3. The Labute approximate surface area is 186 Å². The van der Waals surface area contributed by atoms with Crippen LogP contribution < -0.4 is 15.4 Å². The van der Waals surface area contributed by atoms with Gasteiger partial charge in [0.25, 0.3) is 0 Å². The number of aliphatic hydroxyl groups is 1. The van der Waals surface area contributed by atoms with Crippen LogP contribution in [0.5, 0.6) is 5.75 Å². The Morgan fingerprint density at radius 2 is 1.66 bits per heavy atom. The predicted molar refractivity (Wildman–Crippen MR) is 116 cm³/mol. The number of methoxy groups -OCH3 is 2. The van der Waals surface area contributed by atoms with Crippen molar-refractivity contribution in [3.63, 3.8) is 0 Å². The van der Waals surface area contributed by atoms with E-state index in [1.807, 2.05) is 30.3 Å². The van der Waals surface area contributed by atoms with E-state index in [0.717, 1.165) is 11.1 Å². The molecule has 0 aliphatic heterocycles. The van der Waals surface area contributed by atoms with Gasteiger partial charge in [-0.1, -0.05) is 42.5 Å². The van der Waals surface area contributed by atoms with Gasteiger partial charge in [-0.25, -0.2) is 9.59 Å². The van der Waals surface area contributed by atoms with Gasteiger partial charge < -0.3 is 30.0 Å². The largest absolute Gasteiger partial charge is 0.497 e. The maximum Gasteiger partial charge on any atom is 0.407 e. The fraction of sp³-hybridized carbons (Fsp3) is 0.348. The molecule has 2 amide bonds. The van der Waals surface area contributed by atoms with Gasteiger partial charge in [0, 0.05) is 13.0 Å². The molecular formula is C23H28N2O7. The Morgan fingerprint density at radius 3 is 2.28 bits per heavy atom. The van der Waals surface area contributed by atoms with Crippen LogP contribution in [0.2, 0.25) is 0 Å². The number of esters is 1. The molecule has 2 aromatic carbocycles. The van der Waals surface area contributed by atoms with Crippen LogP contribution in [0.15, 0.2) is 54.6 Å². The van der Waals surface area contributed by atoms with E-state index in [0.29, 0.717) is 5.75 Å². The minimum absolute atomic E-state index is 0.0927. The highest BCUT2D eigenvalue weighted by atomic mass is 16.5. The van der Waals surface area contributed by atoms with Crippen LogP contribution in [-0.4, -0.2) is 56.0 Å². The third kappa shape index (κ3) is 8.65. The van der Waals surface area contributed by atoms with Crippen molar-refractivity contribution in [2.45, 2.75) is 31.6 Å². The molecule has 32 heavy (non-hydrogen) atoms. The second kappa shape index (κ2) is 13.0. The zero-order valence-electron chi connectivity index (χ0n) is 18.1. The molecule has 0 radical (unpaired) electrons. The maximum absolute atomic E-state index is 12.3. The summed E-state index contributed by atoms with van der Waals surface area (Å²) < 4.78 is 14.9. The van der Waals surface area contributed by atoms with E-state index < -0.39 is 30.1 Å². The van der Waals surface area contributed by atoms with Gasteiger partial charge in [0.1, 0.15) is 18.4 Å². The summed E-state index contributed by atoms with van der Waals surface area (Å²) in [4.78, 5) is 36.1. The molecule has 0 bridgehead atoms. The van der Waals surface area contributed by atoms with Crippen molar-refractivity contribution in [2.24, 2.45) is 0 Å². The lowest BCUT2D eigenvalue weighted by Crippen LogP contribution is -2.45. The van der Waals surface area contributed by atoms with Gasteiger partial charge in [0.15, 0.2) is 0 Å². The van der Waals surface area contributed by atoms with Gasteiger partial charge in [0.2, 0.25) is 5.91 Å². The molecule has 9 nitrogen and oxygen atoms in total. The standard InChI is InChI=1S/C23H28N2O7/c1-30-19-10-8-16(9-11-19)12-20(22(28)31-2)25-21(27)13-18(26)14-24-23(29)32-15-17-6-4-3-5-7-17/h3-11,18,20,26H,12-15H2,1-2H3,(H,24,29)(H,25,27)/t18-,20+/m0/s1. The van der Waals surface area contributed by atoms with Crippen molar-refractivity contribution in [3.05, 3.63) is 65.7 Å². The van der Waals surface area contributed by atoms with Crippen molar-refractivity contribution < 1.29 is 33.7 Å². The number of hydrogen-bond acceptors (Lipinski definition) is 7. The lowest BCUT2D eigenvalue weighted by Gasteiger charge is -2.18. The molecule has 9 heteroatoms. The molecule has 2 aromatic rings. The monoisotopic (exact) mass is 444 g/mol. The SMILES string of the molecule is COC(=O)[C@@H](Cc1ccc(OC)cc1)NC(=O)C[C@H](O)CNC(=O)OCc1ccccc1. The summed E-state index contributed by atoms with van der Waals surface area (Å²) in [7, 11) is 2.78. The van der Waals surface area contributed by atoms with Crippen molar-refractivity contribution in [1.82, 2.24) is 10.6 Å². The second-order valence-electron chi connectivity index (χ2n) is 7.00. The number of ether oxygens (including phenoxy) is 3. The Kier molecular flexibility index (Phi) is 9.99. The van der Waals surface area contributed by atoms with E-state index in [9.17, 15) is 19.5 Å². The molecule has 0 aromatic heterocycles. The lowest BCUT2D eigenvalue weighted by molar-refractivity contribution is -0.145. The molecular weight excluding hydrogens is 416 g/mol. The third-order valence-corrected chi connectivity index (χ3v) is 4.54.